The molecule has 0 saturated heterocycles. The highest BCUT2D eigenvalue weighted by molar-refractivity contribution is 7.80. The fourth-order valence-corrected chi connectivity index (χ4v) is 1.34. The summed E-state index contributed by atoms with van der Waals surface area (Å²) < 4.78 is 0. The highest BCUT2D eigenvalue weighted by Crippen LogP contribution is 2.06. The van der Waals surface area contributed by atoms with E-state index in [0.717, 1.165) is 6.42 Å². The van der Waals surface area contributed by atoms with Gasteiger partial charge in [0.1, 0.15) is 0 Å². The van der Waals surface area contributed by atoms with Crippen molar-refractivity contribution < 1.29 is 4.79 Å². The lowest BCUT2D eigenvalue weighted by atomic mass is 10.2. The third kappa shape index (κ3) is 4.56. The Kier molecular flexibility index (Phi) is 6.45. The van der Waals surface area contributed by atoms with E-state index in [-0.39, 0.29) is 11.9 Å². The van der Waals surface area contributed by atoms with Gasteiger partial charge in [-0.25, -0.2) is 0 Å². The molecule has 2 N–H and O–H groups in total. The van der Waals surface area contributed by atoms with Gasteiger partial charge in [-0.2, -0.15) is 0 Å². The maximum atomic E-state index is 11.6. The van der Waals surface area contributed by atoms with E-state index in [4.69, 9.17) is 18.0 Å². The first-order valence-electron chi connectivity index (χ1n) is 5.10. The fourth-order valence-electron chi connectivity index (χ4n) is 1.25. The van der Waals surface area contributed by atoms with Crippen molar-refractivity contribution in [3.05, 3.63) is 0 Å². The second-order valence-corrected chi connectivity index (χ2v) is 3.94. The zero-order valence-electron chi connectivity index (χ0n) is 9.25. The zero-order valence-corrected chi connectivity index (χ0v) is 10.1. The molecule has 1 atom stereocenters. The lowest BCUT2D eigenvalue weighted by Crippen LogP contribution is -2.39. The molecule has 0 aromatic carbocycles. The molecule has 0 bridgehead atoms. The quantitative estimate of drug-likeness (QED) is 0.687. The van der Waals surface area contributed by atoms with Gasteiger partial charge in [0, 0.05) is 25.4 Å². The highest BCUT2D eigenvalue weighted by atomic mass is 32.1. The third-order valence-corrected chi connectivity index (χ3v) is 2.55. The molecule has 82 valence electrons. The van der Waals surface area contributed by atoms with Crippen LogP contribution < -0.4 is 5.73 Å². The van der Waals surface area contributed by atoms with E-state index in [1.165, 1.54) is 0 Å². The molecule has 0 saturated carbocycles. The molecule has 0 aliphatic heterocycles. The summed E-state index contributed by atoms with van der Waals surface area (Å²) in [6.45, 7) is 6.64. The van der Waals surface area contributed by atoms with Crippen LogP contribution in [0.2, 0.25) is 0 Å². The number of hydrogen-bond acceptors (Lipinski definition) is 2. The Morgan fingerprint density at radius 2 is 2.07 bits per heavy atom. The average molecular weight is 216 g/mol. The second kappa shape index (κ2) is 6.76. The number of nitrogens with zero attached hydrogens (tertiary/aromatic N) is 1. The topological polar surface area (TPSA) is 46.3 Å². The van der Waals surface area contributed by atoms with Gasteiger partial charge in [-0.3, -0.25) is 4.79 Å². The Labute approximate surface area is 91.6 Å². The molecule has 0 rings (SSSR count). The van der Waals surface area contributed by atoms with E-state index in [2.05, 4.69) is 6.92 Å². The molecule has 0 fully saturated rings. The summed E-state index contributed by atoms with van der Waals surface area (Å²) in [7, 11) is 0. The molecule has 4 heteroatoms. The average Bonchev–Trinajstić information content (AvgIpc) is 2.16. The second-order valence-electron chi connectivity index (χ2n) is 3.41. The van der Waals surface area contributed by atoms with Gasteiger partial charge in [0.2, 0.25) is 5.91 Å². The molecule has 1 amide bonds. The van der Waals surface area contributed by atoms with Crippen LogP contribution in [0, 0.1) is 0 Å². The molecular formula is C10H20N2OS. The van der Waals surface area contributed by atoms with Crippen LogP contribution >= 0.6 is 12.2 Å². The van der Waals surface area contributed by atoms with Crippen LogP contribution in [0.5, 0.6) is 0 Å². The van der Waals surface area contributed by atoms with Crippen molar-refractivity contribution in [1.82, 2.24) is 4.90 Å². The Bertz CT molecular complexity index is 206. The number of carbonyl (C=O) groups is 1. The van der Waals surface area contributed by atoms with Crippen molar-refractivity contribution >= 4 is 23.1 Å². The van der Waals surface area contributed by atoms with Gasteiger partial charge in [0.05, 0.1) is 4.99 Å². The van der Waals surface area contributed by atoms with Crippen molar-refractivity contribution in [3.63, 3.8) is 0 Å². The largest absolute Gasteiger partial charge is 0.393 e. The predicted molar refractivity (Wildman–Crippen MR) is 63.2 cm³/mol. The predicted octanol–water partition coefficient (Wildman–Crippen LogP) is 1.70. The molecule has 0 radical (unpaired) electrons. The fraction of sp³-hybridized carbons (Fsp3) is 0.800. The van der Waals surface area contributed by atoms with Crippen LogP contribution in [0.25, 0.3) is 0 Å². The summed E-state index contributed by atoms with van der Waals surface area (Å²) in [5, 5.41) is 0. The van der Waals surface area contributed by atoms with Crippen LogP contribution in [0.3, 0.4) is 0 Å². The summed E-state index contributed by atoms with van der Waals surface area (Å²) >= 11 is 4.80. The van der Waals surface area contributed by atoms with Crippen LogP contribution in [-0.4, -0.2) is 28.4 Å². The molecule has 0 aromatic heterocycles. The third-order valence-electron chi connectivity index (χ3n) is 2.34. The standard InChI is InChI=1S/C10H20N2OS/c1-4-8(3)12(10(13)5-2)7-6-9(11)14/h8H,4-7H2,1-3H3,(H2,11,14). The number of amides is 1. The summed E-state index contributed by atoms with van der Waals surface area (Å²) in [6.07, 6.45) is 2.12. The van der Waals surface area contributed by atoms with Crippen molar-refractivity contribution in [2.24, 2.45) is 5.73 Å². The van der Waals surface area contributed by atoms with Gasteiger partial charge >= 0.3 is 0 Å². The van der Waals surface area contributed by atoms with Gasteiger partial charge in [-0.15, -0.1) is 0 Å². The summed E-state index contributed by atoms with van der Waals surface area (Å²) in [4.78, 5) is 13.9. The Balaban J connectivity index is 4.24. The zero-order chi connectivity index (χ0) is 11.1. The van der Waals surface area contributed by atoms with Crippen LogP contribution in [0.1, 0.15) is 40.0 Å². The van der Waals surface area contributed by atoms with Gasteiger partial charge in [0.15, 0.2) is 0 Å². The Morgan fingerprint density at radius 1 is 1.50 bits per heavy atom. The summed E-state index contributed by atoms with van der Waals surface area (Å²) in [6, 6.07) is 0.275. The maximum Gasteiger partial charge on any atom is 0.222 e. The van der Waals surface area contributed by atoms with Gasteiger partial charge in [-0.1, -0.05) is 26.1 Å². The molecule has 0 aliphatic carbocycles. The molecule has 0 aliphatic rings. The minimum Gasteiger partial charge on any atom is -0.393 e. The first-order valence-corrected chi connectivity index (χ1v) is 5.51. The summed E-state index contributed by atoms with van der Waals surface area (Å²) in [5.41, 5.74) is 5.42. The number of nitrogens with two attached hydrogens (primary N) is 1. The first-order chi connectivity index (χ1) is 6.52. The SMILES string of the molecule is CCC(=O)N(CCC(N)=S)C(C)CC. The molecule has 1 unspecified atom stereocenters. The van der Waals surface area contributed by atoms with E-state index < -0.39 is 0 Å². The van der Waals surface area contributed by atoms with E-state index in [1.807, 2.05) is 18.7 Å². The van der Waals surface area contributed by atoms with Crippen molar-refractivity contribution in [2.75, 3.05) is 6.54 Å². The van der Waals surface area contributed by atoms with Gasteiger partial charge in [0.25, 0.3) is 0 Å². The minimum absolute atomic E-state index is 0.176. The highest BCUT2D eigenvalue weighted by Gasteiger charge is 2.16. The van der Waals surface area contributed by atoms with Crippen molar-refractivity contribution in [2.45, 2.75) is 46.1 Å². The van der Waals surface area contributed by atoms with Crippen molar-refractivity contribution in [3.8, 4) is 0 Å². The van der Waals surface area contributed by atoms with Gasteiger partial charge in [-0.05, 0) is 13.3 Å². The number of carbonyl (C=O) groups excluding carboxylic acids is 1. The van der Waals surface area contributed by atoms with E-state index in [9.17, 15) is 4.79 Å². The minimum atomic E-state index is 0.176. The van der Waals surface area contributed by atoms with E-state index >= 15 is 0 Å². The lowest BCUT2D eigenvalue weighted by molar-refractivity contribution is -0.132. The summed E-state index contributed by atoms with van der Waals surface area (Å²) in [5.74, 6) is 0.176. The van der Waals surface area contributed by atoms with Crippen LogP contribution in [0.15, 0.2) is 0 Å². The molecule has 3 nitrogen and oxygen atoms in total. The van der Waals surface area contributed by atoms with Crippen LogP contribution in [-0.2, 0) is 4.79 Å². The number of hydrogen-bond donors (Lipinski definition) is 1. The van der Waals surface area contributed by atoms with E-state index in [1.54, 1.807) is 0 Å². The maximum absolute atomic E-state index is 11.6. The lowest BCUT2D eigenvalue weighted by Gasteiger charge is -2.28. The molecule has 0 spiro atoms. The Hall–Kier alpha value is -0.640. The molecule has 0 aromatic rings. The van der Waals surface area contributed by atoms with Crippen LogP contribution in [0.4, 0.5) is 0 Å². The monoisotopic (exact) mass is 216 g/mol. The smallest absolute Gasteiger partial charge is 0.222 e. The molecule has 14 heavy (non-hydrogen) atoms. The first kappa shape index (κ1) is 13.4. The normalized spacial score (nSPS) is 12.2. The molecular weight excluding hydrogens is 196 g/mol. The molecule has 0 heterocycles. The van der Waals surface area contributed by atoms with Crippen molar-refractivity contribution in [1.29, 1.82) is 0 Å². The van der Waals surface area contributed by atoms with E-state index in [0.29, 0.717) is 24.4 Å². The Morgan fingerprint density at radius 3 is 2.43 bits per heavy atom. The van der Waals surface area contributed by atoms with Gasteiger partial charge < -0.3 is 10.6 Å². The number of rotatable bonds is 6. The number of thiocarbonyl (C=S) groups is 1.